The van der Waals surface area contributed by atoms with Gasteiger partial charge in [-0.2, -0.15) is 0 Å². The number of carbonyl (C=O) groups is 1. The van der Waals surface area contributed by atoms with Crippen molar-refractivity contribution in [2.45, 2.75) is 19.0 Å². The van der Waals surface area contributed by atoms with E-state index in [-0.39, 0.29) is 18.0 Å². The Balaban J connectivity index is 2.12. The number of halogens is 2. The summed E-state index contributed by atoms with van der Waals surface area (Å²) in [6.07, 6.45) is -1.25. The molecule has 1 aromatic heterocycles. The number of aliphatic hydroxyl groups is 1. The van der Waals surface area contributed by atoms with E-state index in [1.165, 1.54) is 23.2 Å². The Kier molecular flexibility index (Phi) is 4.26. The molecule has 0 unspecified atom stereocenters. The van der Waals surface area contributed by atoms with Gasteiger partial charge in [0.15, 0.2) is 11.4 Å². The second-order valence-electron chi connectivity index (χ2n) is 4.25. The molecular weight excluding hydrogens is 258 g/mol. The number of ether oxygens (including phenoxy) is 1. The summed E-state index contributed by atoms with van der Waals surface area (Å²) < 4.78 is 29.1. The van der Waals surface area contributed by atoms with Crippen molar-refractivity contribution in [3.8, 4) is 5.75 Å². The number of nitrogens with zero attached hydrogens (tertiary/aromatic N) is 2. The maximum Gasteiger partial charge on any atom is 0.276 e. The smallest absolute Gasteiger partial charge is 0.276 e. The summed E-state index contributed by atoms with van der Waals surface area (Å²) in [6.45, 7) is -0.136. The second kappa shape index (κ2) is 5.92. The van der Waals surface area contributed by atoms with Gasteiger partial charge in [-0.1, -0.05) is 0 Å². The number of alkyl halides is 2. The molecule has 1 aliphatic rings. The van der Waals surface area contributed by atoms with Crippen molar-refractivity contribution < 1.29 is 23.4 Å². The first-order valence-corrected chi connectivity index (χ1v) is 5.91. The Hall–Kier alpha value is -1.76. The van der Waals surface area contributed by atoms with Crippen molar-refractivity contribution in [1.29, 1.82) is 0 Å². The molecule has 1 atom stereocenters. The standard InChI is InChI=1S/C12H14F2N2O3/c13-10(14)7-19-9-2-1-4-15-11(9)12(18)16-5-3-8(17)6-16/h1-2,4,8,10,17H,3,5-7H2/t8-/m1/s1. The Morgan fingerprint density at radius 2 is 2.42 bits per heavy atom. The van der Waals surface area contributed by atoms with Gasteiger partial charge in [0, 0.05) is 19.3 Å². The van der Waals surface area contributed by atoms with Crippen LogP contribution in [0.2, 0.25) is 0 Å². The van der Waals surface area contributed by atoms with Crippen molar-refractivity contribution >= 4 is 5.91 Å². The van der Waals surface area contributed by atoms with Gasteiger partial charge >= 0.3 is 0 Å². The van der Waals surface area contributed by atoms with Crippen LogP contribution in [0.4, 0.5) is 8.78 Å². The van der Waals surface area contributed by atoms with Gasteiger partial charge in [-0.25, -0.2) is 13.8 Å². The molecule has 2 heterocycles. The minimum Gasteiger partial charge on any atom is -0.485 e. The van der Waals surface area contributed by atoms with E-state index < -0.39 is 25.0 Å². The number of aliphatic hydroxyl groups excluding tert-OH is 1. The van der Waals surface area contributed by atoms with Gasteiger partial charge < -0.3 is 14.7 Å². The summed E-state index contributed by atoms with van der Waals surface area (Å²) in [5.74, 6) is -0.379. The largest absolute Gasteiger partial charge is 0.485 e. The van der Waals surface area contributed by atoms with E-state index in [0.717, 1.165) is 0 Å². The van der Waals surface area contributed by atoms with Crippen LogP contribution in [0, 0.1) is 0 Å². The molecule has 0 spiro atoms. The monoisotopic (exact) mass is 272 g/mol. The summed E-state index contributed by atoms with van der Waals surface area (Å²) in [6, 6.07) is 2.94. The predicted molar refractivity (Wildman–Crippen MR) is 62.3 cm³/mol. The molecule has 1 amide bonds. The van der Waals surface area contributed by atoms with Crippen molar-refractivity contribution in [2.24, 2.45) is 0 Å². The first-order chi connectivity index (χ1) is 9.08. The fourth-order valence-corrected chi connectivity index (χ4v) is 1.90. The van der Waals surface area contributed by atoms with Crippen LogP contribution < -0.4 is 4.74 Å². The summed E-state index contributed by atoms with van der Waals surface area (Å²) in [5, 5.41) is 9.40. The SMILES string of the molecule is O=C(c1ncccc1OCC(F)F)N1CC[C@@H](O)C1. The van der Waals surface area contributed by atoms with Crippen LogP contribution in [0.5, 0.6) is 5.75 Å². The summed E-state index contributed by atoms with van der Waals surface area (Å²) in [7, 11) is 0. The predicted octanol–water partition coefficient (Wildman–Crippen LogP) is 0.932. The van der Waals surface area contributed by atoms with Crippen molar-refractivity contribution in [1.82, 2.24) is 9.88 Å². The molecule has 0 aromatic carbocycles. The van der Waals surface area contributed by atoms with Gasteiger partial charge in [0.05, 0.1) is 6.10 Å². The highest BCUT2D eigenvalue weighted by atomic mass is 19.3. The number of hydrogen-bond donors (Lipinski definition) is 1. The lowest BCUT2D eigenvalue weighted by atomic mass is 10.3. The van der Waals surface area contributed by atoms with E-state index in [1.54, 1.807) is 0 Å². The highest BCUT2D eigenvalue weighted by Gasteiger charge is 2.28. The molecule has 7 heteroatoms. The van der Waals surface area contributed by atoms with Crippen LogP contribution in [0.15, 0.2) is 18.3 Å². The molecule has 5 nitrogen and oxygen atoms in total. The van der Waals surface area contributed by atoms with Crippen molar-refractivity contribution in [3.05, 3.63) is 24.0 Å². The average molecular weight is 272 g/mol. The first-order valence-electron chi connectivity index (χ1n) is 5.91. The van der Waals surface area contributed by atoms with Gasteiger partial charge in [-0.15, -0.1) is 0 Å². The topological polar surface area (TPSA) is 62.7 Å². The molecule has 1 aliphatic heterocycles. The second-order valence-corrected chi connectivity index (χ2v) is 4.25. The molecular formula is C12H14F2N2O3. The number of hydrogen-bond acceptors (Lipinski definition) is 4. The lowest BCUT2D eigenvalue weighted by Gasteiger charge is -2.17. The average Bonchev–Trinajstić information content (AvgIpc) is 2.82. The highest BCUT2D eigenvalue weighted by Crippen LogP contribution is 2.20. The van der Waals surface area contributed by atoms with E-state index in [2.05, 4.69) is 4.98 Å². The van der Waals surface area contributed by atoms with Gasteiger partial charge in [0.2, 0.25) is 0 Å². The molecule has 1 fully saturated rings. The van der Waals surface area contributed by atoms with E-state index in [1.807, 2.05) is 0 Å². The van der Waals surface area contributed by atoms with E-state index >= 15 is 0 Å². The maximum atomic E-state index is 12.1. The Morgan fingerprint density at radius 1 is 1.63 bits per heavy atom. The molecule has 0 aliphatic carbocycles. The zero-order valence-electron chi connectivity index (χ0n) is 10.1. The quantitative estimate of drug-likeness (QED) is 0.885. The highest BCUT2D eigenvalue weighted by molar-refractivity contribution is 5.95. The Morgan fingerprint density at radius 3 is 3.05 bits per heavy atom. The van der Waals surface area contributed by atoms with Gasteiger partial charge in [0.25, 0.3) is 12.3 Å². The van der Waals surface area contributed by atoms with Crippen molar-refractivity contribution in [2.75, 3.05) is 19.7 Å². The number of β-amino-alcohol motifs (C(OH)–C–C–N with tert-alkyl or cyclic N) is 1. The van der Waals surface area contributed by atoms with Crippen LogP contribution in [-0.4, -0.2) is 53.1 Å². The fraction of sp³-hybridized carbons (Fsp3) is 0.500. The van der Waals surface area contributed by atoms with Crippen LogP contribution in [0.3, 0.4) is 0 Å². The molecule has 0 radical (unpaired) electrons. The van der Waals surface area contributed by atoms with Crippen LogP contribution in [0.1, 0.15) is 16.9 Å². The summed E-state index contributed by atoms with van der Waals surface area (Å²) in [4.78, 5) is 17.5. The maximum absolute atomic E-state index is 12.1. The van der Waals surface area contributed by atoms with E-state index in [4.69, 9.17) is 4.74 Å². The normalized spacial score (nSPS) is 18.9. The number of aromatic nitrogens is 1. The van der Waals surface area contributed by atoms with E-state index in [9.17, 15) is 18.7 Å². The summed E-state index contributed by atoms with van der Waals surface area (Å²) >= 11 is 0. The molecule has 2 rings (SSSR count). The van der Waals surface area contributed by atoms with Gasteiger partial charge in [0.1, 0.15) is 6.61 Å². The number of carbonyl (C=O) groups excluding carboxylic acids is 1. The lowest BCUT2D eigenvalue weighted by molar-refractivity contribution is 0.0713. The molecule has 104 valence electrons. The van der Waals surface area contributed by atoms with E-state index in [0.29, 0.717) is 13.0 Å². The van der Waals surface area contributed by atoms with Crippen LogP contribution >= 0.6 is 0 Å². The molecule has 1 N–H and O–H groups in total. The number of likely N-dealkylation sites (tertiary alicyclic amines) is 1. The number of rotatable bonds is 4. The Bertz CT molecular complexity index is 456. The number of amides is 1. The molecule has 19 heavy (non-hydrogen) atoms. The fourth-order valence-electron chi connectivity index (χ4n) is 1.90. The lowest BCUT2D eigenvalue weighted by Crippen LogP contribution is -2.30. The molecule has 0 bridgehead atoms. The van der Waals surface area contributed by atoms with Crippen molar-refractivity contribution in [3.63, 3.8) is 0 Å². The Labute approximate surface area is 108 Å². The van der Waals surface area contributed by atoms with Gasteiger partial charge in [-0.05, 0) is 18.6 Å². The minimum atomic E-state index is -2.61. The summed E-state index contributed by atoms with van der Waals surface area (Å²) in [5.41, 5.74) is -0.00255. The zero-order chi connectivity index (χ0) is 13.8. The molecule has 1 aromatic rings. The third kappa shape index (κ3) is 3.37. The minimum absolute atomic E-state index is 0.00255. The van der Waals surface area contributed by atoms with Crippen LogP contribution in [0.25, 0.3) is 0 Å². The first kappa shape index (κ1) is 13.7. The third-order valence-corrected chi connectivity index (χ3v) is 2.79. The molecule has 0 saturated carbocycles. The zero-order valence-corrected chi connectivity index (χ0v) is 10.1. The third-order valence-electron chi connectivity index (χ3n) is 2.79. The van der Waals surface area contributed by atoms with Crippen LogP contribution in [-0.2, 0) is 0 Å². The number of pyridine rings is 1. The van der Waals surface area contributed by atoms with Gasteiger partial charge in [-0.3, -0.25) is 4.79 Å². The molecule has 1 saturated heterocycles.